The van der Waals surface area contributed by atoms with Gasteiger partial charge in [-0.05, 0) is 12.8 Å². The van der Waals surface area contributed by atoms with E-state index in [4.69, 9.17) is 10.5 Å². The summed E-state index contributed by atoms with van der Waals surface area (Å²) in [4.78, 5) is 7.77. The van der Waals surface area contributed by atoms with E-state index in [1.165, 1.54) is 0 Å². The molecule has 0 amide bonds. The van der Waals surface area contributed by atoms with Crippen LogP contribution in [0.4, 0.5) is 4.39 Å². The maximum absolute atomic E-state index is 12.6. The highest BCUT2D eigenvalue weighted by molar-refractivity contribution is 5.06. The van der Waals surface area contributed by atoms with Crippen LogP contribution >= 0.6 is 0 Å². The molecule has 0 spiro atoms. The summed E-state index contributed by atoms with van der Waals surface area (Å²) >= 11 is 0. The van der Waals surface area contributed by atoms with Gasteiger partial charge in [-0.1, -0.05) is 0 Å². The summed E-state index contributed by atoms with van der Waals surface area (Å²) in [7, 11) is 0. The predicted octanol–water partition coefficient (Wildman–Crippen LogP) is 0.580. The maximum atomic E-state index is 12.6. The van der Waals surface area contributed by atoms with E-state index in [-0.39, 0.29) is 0 Å². The zero-order valence-electron chi connectivity index (χ0n) is 7.74. The van der Waals surface area contributed by atoms with Crippen molar-refractivity contribution >= 4 is 0 Å². The zero-order chi connectivity index (χ0) is 10.0. The smallest absolute Gasteiger partial charge is 0.159 e. The molecule has 1 unspecified atom stereocenters. The van der Waals surface area contributed by atoms with E-state index in [1.807, 2.05) is 0 Å². The van der Waals surface area contributed by atoms with Crippen molar-refractivity contribution in [3.8, 4) is 0 Å². The molecule has 1 aliphatic rings. The second kappa shape index (κ2) is 3.59. The molecule has 1 aromatic rings. The summed E-state index contributed by atoms with van der Waals surface area (Å²) in [6.07, 6.45) is 3.92. The van der Waals surface area contributed by atoms with Crippen molar-refractivity contribution in [3.63, 3.8) is 0 Å². The molecule has 0 aromatic carbocycles. The quantitative estimate of drug-likeness (QED) is 0.715. The lowest BCUT2D eigenvalue weighted by atomic mass is 9.93. The fourth-order valence-electron chi connectivity index (χ4n) is 1.56. The van der Waals surface area contributed by atoms with Crippen molar-refractivity contribution in [2.45, 2.75) is 18.4 Å². The van der Waals surface area contributed by atoms with Crippen LogP contribution in [0, 0.1) is 5.82 Å². The van der Waals surface area contributed by atoms with Crippen molar-refractivity contribution in [1.82, 2.24) is 9.97 Å². The molecule has 0 radical (unpaired) electrons. The van der Waals surface area contributed by atoms with Gasteiger partial charge in [0, 0.05) is 6.61 Å². The SMILES string of the molecule is NC1(c2ncc(F)cn2)CCCOC1. The number of hydrogen-bond acceptors (Lipinski definition) is 4. The van der Waals surface area contributed by atoms with Crippen LogP contribution in [0.3, 0.4) is 0 Å². The van der Waals surface area contributed by atoms with Crippen LogP contribution < -0.4 is 5.73 Å². The number of hydrogen-bond donors (Lipinski definition) is 1. The molecule has 0 bridgehead atoms. The number of nitrogens with zero attached hydrogens (tertiary/aromatic N) is 2. The lowest BCUT2D eigenvalue weighted by Gasteiger charge is -2.31. The Morgan fingerprint density at radius 2 is 2.14 bits per heavy atom. The molecule has 1 fully saturated rings. The first-order valence-corrected chi connectivity index (χ1v) is 4.55. The molecule has 0 saturated carbocycles. The molecule has 1 aromatic heterocycles. The molecule has 14 heavy (non-hydrogen) atoms. The molecular weight excluding hydrogens is 185 g/mol. The molecule has 4 nitrogen and oxygen atoms in total. The normalized spacial score (nSPS) is 27.6. The van der Waals surface area contributed by atoms with Gasteiger partial charge in [0.1, 0.15) is 0 Å². The van der Waals surface area contributed by atoms with Crippen LogP contribution in [0.5, 0.6) is 0 Å². The first-order valence-electron chi connectivity index (χ1n) is 4.55. The number of halogens is 1. The zero-order valence-corrected chi connectivity index (χ0v) is 7.74. The Labute approximate surface area is 81.3 Å². The Balaban J connectivity index is 2.23. The van der Waals surface area contributed by atoms with Gasteiger partial charge in [0.15, 0.2) is 11.6 Å². The van der Waals surface area contributed by atoms with Crippen molar-refractivity contribution in [2.75, 3.05) is 13.2 Å². The minimum Gasteiger partial charge on any atom is -0.379 e. The summed E-state index contributed by atoms with van der Waals surface area (Å²) in [6, 6.07) is 0. The van der Waals surface area contributed by atoms with Crippen LogP contribution in [-0.4, -0.2) is 23.2 Å². The average Bonchev–Trinajstić information content (AvgIpc) is 2.19. The lowest BCUT2D eigenvalue weighted by molar-refractivity contribution is 0.0329. The fraction of sp³-hybridized carbons (Fsp3) is 0.556. The predicted molar refractivity (Wildman–Crippen MR) is 47.9 cm³/mol. The Morgan fingerprint density at radius 3 is 2.71 bits per heavy atom. The molecule has 1 atom stereocenters. The highest BCUT2D eigenvalue weighted by Gasteiger charge is 2.33. The molecule has 2 rings (SSSR count). The fourth-order valence-corrected chi connectivity index (χ4v) is 1.56. The van der Waals surface area contributed by atoms with Crippen molar-refractivity contribution in [3.05, 3.63) is 24.0 Å². The summed E-state index contributed by atoms with van der Waals surface area (Å²) in [5.41, 5.74) is 5.41. The van der Waals surface area contributed by atoms with Gasteiger partial charge in [-0.2, -0.15) is 0 Å². The van der Waals surface area contributed by atoms with Crippen LogP contribution in [0.15, 0.2) is 12.4 Å². The summed E-state index contributed by atoms with van der Waals surface area (Å²) in [5, 5.41) is 0. The molecule has 0 aliphatic carbocycles. The maximum Gasteiger partial charge on any atom is 0.159 e. The van der Waals surface area contributed by atoms with Crippen LogP contribution in [0.25, 0.3) is 0 Å². The van der Waals surface area contributed by atoms with Crippen LogP contribution in [0.1, 0.15) is 18.7 Å². The molecule has 5 heteroatoms. The average molecular weight is 197 g/mol. The summed E-state index contributed by atoms with van der Waals surface area (Å²) in [6.45, 7) is 1.12. The van der Waals surface area contributed by atoms with Gasteiger partial charge in [0.25, 0.3) is 0 Å². The highest BCUT2D eigenvalue weighted by atomic mass is 19.1. The van der Waals surface area contributed by atoms with Gasteiger partial charge in [-0.25, -0.2) is 14.4 Å². The van der Waals surface area contributed by atoms with E-state index in [9.17, 15) is 4.39 Å². The minimum absolute atomic E-state index is 0.401. The van der Waals surface area contributed by atoms with Gasteiger partial charge >= 0.3 is 0 Å². The third-order valence-corrected chi connectivity index (χ3v) is 2.34. The first-order chi connectivity index (χ1) is 6.71. The second-order valence-electron chi connectivity index (χ2n) is 3.54. The standard InChI is InChI=1S/C9H12FN3O/c10-7-4-12-8(13-5-7)9(11)2-1-3-14-6-9/h4-5H,1-3,6,11H2. The largest absolute Gasteiger partial charge is 0.379 e. The molecule has 1 aliphatic heterocycles. The van der Waals surface area contributed by atoms with E-state index in [1.54, 1.807) is 0 Å². The molecule has 2 heterocycles. The van der Waals surface area contributed by atoms with Crippen molar-refractivity contribution < 1.29 is 9.13 Å². The molecule has 1 saturated heterocycles. The number of nitrogens with two attached hydrogens (primary N) is 1. The van der Waals surface area contributed by atoms with Crippen molar-refractivity contribution in [2.24, 2.45) is 5.73 Å². The van der Waals surface area contributed by atoms with Gasteiger partial charge in [0.2, 0.25) is 0 Å². The first kappa shape index (κ1) is 9.48. The number of ether oxygens (including phenoxy) is 1. The minimum atomic E-state index is -0.647. The summed E-state index contributed by atoms with van der Waals surface area (Å²) < 4.78 is 17.9. The summed E-state index contributed by atoms with van der Waals surface area (Å²) in [5.74, 6) is 0.00711. The molecule has 2 N–H and O–H groups in total. The Hall–Kier alpha value is -1.07. The van der Waals surface area contributed by atoms with Gasteiger partial charge < -0.3 is 10.5 Å². The lowest BCUT2D eigenvalue weighted by Crippen LogP contribution is -2.45. The van der Waals surface area contributed by atoms with Crippen LogP contribution in [0.2, 0.25) is 0 Å². The monoisotopic (exact) mass is 197 g/mol. The van der Waals surface area contributed by atoms with Gasteiger partial charge in [-0.3, -0.25) is 0 Å². The third kappa shape index (κ3) is 1.73. The Kier molecular flexibility index (Phi) is 2.43. The number of rotatable bonds is 1. The molecule has 76 valence electrons. The third-order valence-electron chi connectivity index (χ3n) is 2.34. The highest BCUT2D eigenvalue weighted by Crippen LogP contribution is 2.24. The topological polar surface area (TPSA) is 61.0 Å². The Bertz CT molecular complexity index is 308. The van der Waals surface area contributed by atoms with E-state index in [0.717, 1.165) is 31.8 Å². The number of aromatic nitrogens is 2. The van der Waals surface area contributed by atoms with Gasteiger partial charge in [0.05, 0.1) is 24.5 Å². The van der Waals surface area contributed by atoms with E-state index in [2.05, 4.69) is 9.97 Å². The second-order valence-corrected chi connectivity index (χ2v) is 3.54. The van der Waals surface area contributed by atoms with E-state index in [0.29, 0.717) is 12.4 Å². The van der Waals surface area contributed by atoms with Crippen molar-refractivity contribution in [1.29, 1.82) is 0 Å². The van der Waals surface area contributed by atoms with Gasteiger partial charge in [-0.15, -0.1) is 0 Å². The molecular formula is C9H12FN3O. The van der Waals surface area contributed by atoms with E-state index < -0.39 is 11.4 Å². The Morgan fingerprint density at radius 1 is 1.43 bits per heavy atom. The van der Waals surface area contributed by atoms with Crippen LogP contribution in [-0.2, 0) is 10.3 Å². The van der Waals surface area contributed by atoms with E-state index >= 15 is 0 Å².